The summed E-state index contributed by atoms with van der Waals surface area (Å²) < 4.78 is 0. The van der Waals surface area contributed by atoms with Crippen LogP contribution in [-0.2, 0) is 0 Å². The first kappa shape index (κ1) is 17.0. The summed E-state index contributed by atoms with van der Waals surface area (Å²) in [5.41, 5.74) is 8.64. The smallest absolute Gasteiger partial charge is 0.0321 e. The molecule has 1 heteroatoms. The molecule has 0 aliphatic carbocycles. The fourth-order valence-electron chi connectivity index (χ4n) is 2.31. The van der Waals surface area contributed by atoms with Crippen LogP contribution in [0.25, 0.3) is 0 Å². The van der Waals surface area contributed by atoms with Crippen LogP contribution in [0.1, 0.15) is 96.8 Å². The monoisotopic (exact) mass is 239 g/mol. The van der Waals surface area contributed by atoms with E-state index in [1.165, 1.54) is 83.5 Å². The van der Waals surface area contributed by atoms with Gasteiger partial charge in [0, 0.05) is 6.54 Å². The van der Waals surface area contributed by atoms with Crippen LogP contribution >= 0.6 is 0 Å². The van der Waals surface area contributed by atoms with Gasteiger partial charge in [-0.1, -0.05) is 90.4 Å². The van der Waals surface area contributed by atoms with Crippen molar-refractivity contribution < 1.29 is 0 Å². The number of nitrogens with zero attached hydrogens (tertiary/aromatic N) is 1. The van der Waals surface area contributed by atoms with Crippen molar-refractivity contribution >= 4 is 0 Å². The fourth-order valence-corrected chi connectivity index (χ4v) is 2.31. The van der Waals surface area contributed by atoms with E-state index >= 15 is 0 Å². The molecule has 0 aliphatic heterocycles. The molecule has 0 N–H and O–H groups in total. The highest BCUT2D eigenvalue weighted by atomic mass is 14.5. The highest BCUT2D eigenvalue weighted by Gasteiger charge is 1.93. The van der Waals surface area contributed by atoms with Crippen LogP contribution in [0.5, 0.6) is 0 Å². The molecule has 0 amide bonds. The third-order valence-electron chi connectivity index (χ3n) is 3.51. The zero-order valence-corrected chi connectivity index (χ0v) is 12.1. The maximum Gasteiger partial charge on any atom is 0.0321 e. The Labute approximate surface area is 110 Å². The lowest BCUT2D eigenvalue weighted by Crippen LogP contribution is -1.86. The number of rotatable bonds is 14. The van der Waals surface area contributed by atoms with Crippen molar-refractivity contribution in [3.05, 3.63) is 0 Å². The van der Waals surface area contributed by atoms with Crippen LogP contribution in [0.2, 0.25) is 0 Å². The summed E-state index contributed by atoms with van der Waals surface area (Å²) in [6, 6.07) is 0. The van der Waals surface area contributed by atoms with E-state index in [4.69, 9.17) is 5.73 Å². The maximum atomic E-state index is 8.64. The van der Waals surface area contributed by atoms with Crippen molar-refractivity contribution in [3.63, 3.8) is 0 Å². The van der Waals surface area contributed by atoms with Gasteiger partial charge in [-0.2, -0.15) is 0 Å². The standard InChI is InChI=1S/C16H33N/c1-2-3-4-5-6-7-8-9-10-11-12-13-14-15-16-17/h2-16H2,1H3. The Morgan fingerprint density at radius 2 is 0.765 bits per heavy atom. The summed E-state index contributed by atoms with van der Waals surface area (Å²) >= 11 is 0. The van der Waals surface area contributed by atoms with Crippen molar-refractivity contribution in [1.82, 2.24) is 5.73 Å². The molecule has 0 fully saturated rings. The van der Waals surface area contributed by atoms with Gasteiger partial charge in [0.25, 0.3) is 0 Å². The average Bonchev–Trinajstić information content (AvgIpc) is 2.35. The molecule has 2 radical (unpaired) electrons. The Hall–Kier alpha value is -0.0400. The lowest BCUT2D eigenvalue weighted by molar-refractivity contribution is 0.536. The predicted molar refractivity (Wildman–Crippen MR) is 77.3 cm³/mol. The first-order valence-electron chi connectivity index (χ1n) is 8.02. The van der Waals surface area contributed by atoms with Crippen LogP contribution in [0.3, 0.4) is 0 Å². The first-order valence-corrected chi connectivity index (χ1v) is 8.02. The number of hydrogen-bond donors (Lipinski definition) is 0. The molecule has 1 nitrogen and oxygen atoms in total. The molecule has 17 heavy (non-hydrogen) atoms. The van der Waals surface area contributed by atoms with Crippen LogP contribution in [0.15, 0.2) is 0 Å². The van der Waals surface area contributed by atoms with E-state index in [0.29, 0.717) is 6.54 Å². The fraction of sp³-hybridized carbons (Fsp3) is 1.00. The molecule has 0 aromatic rings. The number of hydrogen-bond acceptors (Lipinski definition) is 0. The van der Waals surface area contributed by atoms with Gasteiger partial charge in [0.05, 0.1) is 0 Å². The zero-order chi connectivity index (χ0) is 12.6. The molecule has 0 spiro atoms. The molecule has 0 rings (SSSR count). The Morgan fingerprint density at radius 1 is 0.471 bits per heavy atom. The molecular weight excluding hydrogens is 206 g/mol. The molecule has 0 heterocycles. The first-order chi connectivity index (χ1) is 8.41. The third-order valence-corrected chi connectivity index (χ3v) is 3.51. The van der Waals surface area contributed by atoms with E-state index in [1.54, 1.807) is 0 Å². The van der Waals surface area contributed by atoms with Gasteiger partial charge in [-0.05, 0) is 6.42 Å². The summed E-state index contributed by atoms with van der Waals surface area (Å²) in [4.78, 5) is 0. The second-order valence-electron chi connectivity index (χ2n) is 5.32. The molecule has 0 aliphatic rings. The second-order valence-corrected chi connectivity index (χ2v) is 5.32. The maximum absolute atomic E-state index is 8.64. The Balaban J connectivity index is 2.85. The molecule has 0 bridgehead atoms. The van der Waals surface area contributed by atoms with Gasteiger partial charge in [-0.15, -0.1) is 5.73 Å². The van der Waals surface area contributed by atoms with E-state index in [-0.39, 0.29) is 0 Å². The summed E-state index contributed by atoms with van der Waals surface area (Å²) in [6.45, 7) is 2.65. The molecule has 0 atom stereocenters. The highest BCUT2D eigenvalue weighted by Crippen LogP contribution is 2.12. The van der Waals surface area contributed by atoms with Crippen LogP contribution < -0.4 is 5.73 Å². The van der Waals surface area contributed by atoms with Crippen molar-refractivity contribution in [3.8, 4) is 0 Å². The zero-order valence-electron chi connectivity index (χ0n) is 12.1. The van der Waals surface area contributed by atoms with Crippen molar-refractivity contribution in [1.29, 1.82) is 0 Å². The molecule has 0 unspecified atom stereocenters. The summed E-state index contributed by atoms with van der Waals surface area (Å²) in [5.74, 6) is 0. The minimum atomic E-state index is 0.373. The van der Waals surface area contributed by atoms with Crippen LogP contribution in [0.4, 0.5) is 0 Å². The largest absolute Gasteiger partial charge is 0.145 e. The van der Waals surface area contributed by atoms with Gasteiger partial charge >= 0.3 is 0 Å². The normalized spacial score (nSPS) is 10.9. The molecule has 0 aromatic heterocycles. The van der Waals surface area contributed by atoms with Gasteiger partial charge < -0.3 is 0 Å². The van der Waals surface area contributed by atoms with Crippen molar-refractivity contribution in [2.45, 2.75) is 96.8 Å². The van der Waals surface area contributed by atoms with Gasteiger partial charge in [0.1, 0.15) is 0 Å². The Kier molecular flexibility index (Phi) is 15.9. The quantitative estimate of drug-likeness (QED) is 0.355. The van der Waals surface area contributed by atoms with Crippen LogP contribution in [-0.4, -0.2) is 6.54 Å². The SMILES string of the molecule is CCCCCCCCCCCCCCCC[N]. The second kappa shape index (κ2) is 16.0. The Bertz CT molecular complexity index is 109. The molecule has 102 valence electrons. The molecular formula is C16H33N. The summed E-state index contributed by atoms with van der Waals surface area (Å²) in [6.07, 6.45) is 19.2. The minimum absolute atomic E-state index is 0.373. The average molecular weight is 239 g/mol. The molecule has 0 aromatic carbocycles. The topological polar surface area (TPSA) is 22.3 Å². The predicted octanol–water partition coefficient (Wildman–Crippen LogP) is 5.54. The van der Waals surface area contributed by atoms with Crippen molar-refractivity contribution in [2.75, 3.05) is 6.54 Å². The highest BCUT2D eigenvalue weighted by molar-refractivity contribution is 4.49. The lowest BCUT2D eigenvalue weighted by atomic mass is 10.0. The van der Waals surface area contributed by atoms with E-state index in [2.05, 4.69) is 6.92 Å². The van der Waals surface area contributed by atoms with E-state index < -0.39 is 0 Å². The van der Waals surface area contributed by atoms with Gasteiger partial charge in [0.2, 0.25) is 0 Å². The number of unbranched alkanes of at least 4 members (excludes halogenated alkanes) is 13. The van der Waals surface area contributed by atoms with E-state index in [0.717, 1.165) is 6.42 Å². The van der Waals surface area contributed by atoms with Gasteiger partial charge in [-0.3, -0.25) is 0 Å². The minimum Gasteiger partial charge on any atom is -0.145 e. The lowest BCUT2D eigenvalue weighted by Gasteiger charge is -2.02. The summed E-state index contributed by atoms with van der Waals surface area (Å²) in [5, 5.41) is 0. The van der Waals surface area contributed by atoms with Crippen LogP contribution in [0, 0.1) is 0 Å². The van der Waals surface area contributed by atoms with E-state index in [9.17, 15) is 0 Å². The molecule has 0 saturated carbocycles. The third kappa shape index (κ3) is 16.0. The molecule has 0 saturated heterocycles. The summed E-state index contributed by atoms with van der Waals surface area (Å²) in [7, 11) is 0. The van der Waals surface area contributed by atoms with Crippen molar-refractivity contribution in [2.24, 2.45) is 0 Å². The van der Waals surface area contributed by atoms with Gasteiger partial charge in [0.15, 0.2) is 0 Å². The van der Waals surface area contributed by atoms with E-state index in [1.807, 2.05) is 0 Å². The van der Waals surface area contributed by atoms with Gasteiger partial charge in [-0.25, -0.2) is 0 Å². The Morgan fingerprint density at radius 3 is 1.06 bits per heavy atom.